The Balaban J connectivity index is 1.35. The van der Waals surface area contributed by atoms with Gasteiger partial charge in [-0.05, 0) is 48.4 Å². The van der Waals surface area contributed by atoms with E-state index in [1.54, 1.807) is 24.1 Å². The summed E-state index contributed by atoms with van der Waals surface area (Å²) >= 11 is 0. The molecule has 192 valence electrons. The number of carbonyl (C=O) groups excluding carboxylic acids is 2. The van der Waals surface area contributed by atoms with Crippen LogP contribution in [0.5, 0.6) is 5.75 Å². The van der Waals surface area contributed by atoms with Crippen molar-refractivity contribution in [1.82, 2.24) is 9.80 Å². The Kier molecular flexibility index (Phi) is 7.12. The first-order chi connectivity index (χ1) is 18.0. The van der Waals surface area contributed by atoms with Gasteiger partial charge in [0, 0.05) is 50.9 Å². The van der Waals surface area contributed by atoms with E-state index in [9.17, 15) is 14.0 Å². The number of likely N-dealkylation sites (tertiary alicyclic amines) is 1. The molecule has 2 heterocycles. The van der Waals surface area contributed by atoms with Crippen molar-refractivity contribution in [2.45, 2.75) is 12.8 Å². The van der Waals surface area contributed by atoms with Crippen LogP contribution in [0.2, 0.25) is 0 Å². The van der Waals surface area contributed by atoms with Gasteiger partial charge >= 0.3 is 0 Å². The van der Waals surface area contributed by atoms with Gasteiger partial charge in [0.1, 0.15) is 11.6 Å². The van der Waals surface area contributed by atoms with Crippen LogP contribution in [0.15, 0.2) is 72.8 Å². The number of hydrogen-bond acceptors (Lipinski definition) is 4. The van der Waals surface area contributed by atoms with Crippen molar-refractivity contribution in [1.29, 1.82) is 0 Å². The number of hydrogen-bond donors (Lipinski definition) is 0. The highest BCUT2D eigenvalue weighted by Gasteiger charge is 2.43. The molecule has 6 nitrogen and oxygen atoms in total. The maximum Gasteiger partial charge on any atom is 0.256 e. The Labute approximate surface area is 217 Å². The number of rotatable bonds is 5. The third kappa shape index (κ3) is 5.03. The lowest BCUT2D eigenvalue weighted by Gasteiger charge is -2.38. The lowest BCUT2D eigenvalue weighted by molar-refractivity contribution is -0.135. The van der Waals surface area contributed by atoms with Crippen LogP contribution >= 0.6 is 0 Å². The SMILES string of the molecule is COc1ccc([C@@H]2CN(C(=O)c3ccccc3F)C[C@@H]2C(=O)N2CCN(c3ccccc3C)CC2)cc1. The van der Waals surface area contributed by atoms with Gasteiger partial charge in [-0.15, -0.1) is 0 Å². The van der Waals surface area contributed by atoms with Crippen molar-refractivity contribution in [3.8, 4) is 5.75 Å². The molecule has 0 aliphatic carbocycles. The highest BCUT2D eigenvalue weighted by atomic mass is 19.1. The first-order valence-electron chi connectivity index (χ1n) is 12.7. The summed E-state index contributed by atoms with van der Waals surface area (Å²) in [5.41, 5.74) is 3.44. The molecule has 7 heteroatoms. The number of carbonyl (C=O) groups is 2. The Bertz CT molecular complexity index is 1270. The van der Waals surface area contributed by atoms with E-state index < -0.39 is 11.7 Å². The first-order valence-corrected chi connectivity index (χ1v) is 12.7. The molecule has 0 spiro atoms. The summed E-state index contributed by atoms with van der Waals surface area (Å²) in [6.45, 7) is 5.50. The minimum atomic E-state index is -0.546. The molecule has 37 heavy (non-hydrogen) atoms. The largest absolute Gasteiger partial charge is 0.497 e. The molecule has 2 saturated heterocycles. The minimum Gasteiger partial charge on any atom is -0.497 e. The van der Waals surface area contributed by atoms with Crippen molar-refractivity contribution in [3.63, 3.8) is 0 Å². The molecule has 3 aromatic carbocycles. The summed E-state index contributed by atoms with van der Waals surface area (Å²) in [6, 6.07) is 22.0. The summed E-state index contributed by atoms with van der Waals surface area (Å²) in [6.07, 6.45) is 0. The van der Waals surface area contributed by atoms with E-state index in [-0.39, 0.29) is 29.8 Å². The predicted octanol–water partition coefficient (Wildman–Crippen LogP) is 4.35. The third-order valence-electron chi connectivity index (χ3n) is 7.62. The lowest BCUT2D eigenvalue weighted by Crippen LogP contribution is -2.51. The highest BCUT2D eigenvalue weighted by molar-refractivity contribution is 5.95. The number of methoxy groups -OCH3 is 1. The fourth-order valence-electron chi connectivity index (χ4n) is 5.53. The van der Waals surface area contributed by atoms with Crippen molar-refractivity contribution in [2.75, 3.05) is 51.3 Å². The molecule has 0 N–H and O–H groups in total. The van der Waals surface area contributed by atoms with Gasteiger partial charge in [0.25, 0.3) is 5.91 Å². The molecule has 2 aliphatic rings. The van der Waals surface area contributed by atoms with E-state index >= 15 is 0 Å². The molecule has 0 unspecified atom stereocenters. The normalized spacial score (nSPS) is 19.7. The molecule has 0 aromatic heterocycles. The van der Waals surface area contributed by atoms with Gasteiger partial charge < -0.3 is 19.4 Å². The van der Waals surface area contributed by atoms with Gasteiger partial charge in [0.2, 0.25) is 5.91 Å². The van der Waals surface area contributed by atoms with Crippen LogP contribution in [0.25, 0.3) is 0 Å². The van der Waals surface area contributed by atoms with Crippen molar-refractivity contribution >= 4 is 17.5 Å². The zero-order chi connectivity index (χ0) is 25.9. The van der Waals surface area contributed by atoms with Crippen LogP contribution in [-0.4, -0.2) is 68.0 Å². The maximum absolute atomic E-state index is 14.4. The number of halogens is 1. The van der Waals surface area contributed by atoms with E-state index in [2.05, 4.69) is 24.0 Å². The molecule has 2 amide bonds. The Morgan fingerprint density at radius 3 is 2.19 bits per heavy atom. The highest BCUT2D eigenvalue weighted by Crippen LogP contribution is 2.36. The second-order valence-corrected chi connectivity index (χ2v) is 9.77. The summed E-state index contributed by atoms with van der Waals surface area (Å²) in [5, 5.41) is 0. The number of ether oxygens (including phenoxy) is 1. The van der Waals surface area contributed by atoms with Crippen LogP contribution in [0.3, 0.4) is 0 Å². The average Bonchev–Trinajstić information content (AvgIpc) is 3.38. The monoisotopic (exact) mass is 501 g/mol. The Morgan fingerprint density at radius 1 is 0.838 bits per heavy atom. The third-order valence-corrected chi connectivity index (χ3v) is 7.62. The molecular weight excluding hydrogens is 469 g/mol. The van der Waals surface area contributed by atoms with Crippen LogP contribution in [-0.2, 0) is 4.79 Å². The zero-order valence-corrected chi connectivity index (χ0v) is 21.3. The standard InChI is InChI=1S/C30H32FN3O3/c1-21-7-3-6-10-28(21)32-15-17-33(18-16-32)30(36)26-20-34(29(35)24-8-4-5-9-27(24)31)19-25(26)22-11-13-23(37-2)14-12-22/h3-14,25-26H,15-20H2,1-2H3/t25-,26-/m0/s1. The van der Waals surface area contributed by atoms with Gasteiger partial charge in [-0.25, -0.2) is 4.39 Å². The van der Waals surface area contributed by atoms with Gasteiger partial charge in [-0.3, -0.25) is 9.59 Å². The summed E-state index contributed by atoms with van der Waals surface area (Å²) in [5.74, 6) is -0.713. The van der Waals surface area contributed by atoms with E-state index in [0.29, 0.717) is 19.6 Å². The van der Waals surface area contributed by atoms with Crippen LogP contribution in [0.4, 0.5) is 10.1 Å². The van der Waals surface area contributed by atoms with Crippen molar-refractivity contribution in [3.05, 3.63) is 95.3 Å². The van der Waals surface area contributed by atoms with E-state index in [1.165, 1.54) is 23.4 Å². The minimum absolute atomic E-state index is 0.0379. The van der Waals surface area contributed by atoms with Crippen molar-refractivity contribution < 1.29 is 18.7 Å². The summed E-state index contributed by atoms with van der Waals surface area (Å²) < 4.78 is 19.7. The van der Waals surface area contributed by atoms with E-state index in [0.717, 1.165) is 24.4 Å². The molecular formula is C30H32FN3O3. The molecule has 2 atom stereocenters. The molecule has 2 aliphatic heterocycles. The summed E-state index contributed by atoms with van der Waals surface area (Å²) in [7, 11) is 1.61. The average molecular weight is 502 g/mol. The fraction of sp³-hybridized carbons (Fsp3) is 0.333. The summed E-state index contributed by atoms with van der Waals surface area (Å²) in [4.78, 5) is 33.0. The number of nitrogens with zero attached hydrogens (tertiary/aromatic N) is 3. The van der Waals surface area contributed by atoms with Crippen molar-refractivity contribution in [2.24, 2.45) is 5.92 Å². The fourth-order valence-corrected chi connectivity index (χ4v) is 5.53. The molecule has 0 bridgehead atoms. The maximum atomic E-state index is 14.4. The van der Waals surface area contributed by atoms with Crippen LogP contribution in [0, 0.1) is 18.7 Å². The number of anilines is 1. The topological polar surface area (TPSA) is 53.1 Å². The van der Waals surface area contributed by atoms with Gasteiger partial charge in [-0.1, -0.05) is 42.5 Å². The molecule has 0 saturated carbocycles. The Morgan fingerprint density at radius 2 is 1.51 bits per heavy atom. The Hall–Kier alpha value is -3.87. The smallest absolute Gasteiger partial charge is 0.256 e. The second kappa shape index (κ2) is 10.6. The number of amides is 2. The number of piperazine rings is 1. The first kappa shape index (κ1) is 24.8. The van der Waals surface area contributed by atoms with Gasteiger partial charge in [0.05, 0.1) is 18.6 Å². The molecule has 5 rings (SSSR count). The number of aryl methyl sites for hydroxylation is 1. The number of benzene rings is 3. The van der Waals surface area contributed by atoms with Crippen LogP contribution < -0.4 is 9.64 Å². The quantitative estimate of drug-likeness (QED) is 0.522. The molecule has 0 radical (unpaired) electrons. The zero-order valence-electron chi connectivity index (χ0n) is 21.3. The number of para-hydroxylation sites is 1. The lowest BCUT2D eigenvalue weighted by atomic mass is 9.87. The predicted molar refractivity (Wildman–Crippen MR) is 142 cm³/mol. The van der Waals surface area contributed by atoms with Gasteiger partial charge in [-0.2, -0.15) is 0 Å². The molecule has 3 aromatic rings. The second-order valence-electron chi connectivity index (χ2n) is 9.77. The molecule has 2 fully saturated rings. The van der Waals surface area contributed by atoms with Gasteiger partial charge in [0.15, 0.2) is 0 Å². The van der Waals surface area contributed by atoms with E-state index in [4.69, 9.17) is 4.74 Å². The van der Waals surface area contributed by atoms with E-state index in [1.807, 2.05) is 41.3 Å². The van der Waals surface area contributed by atoms with Crippen LogP contribution in [0.1, 0.15) is 27.4 Å².